The van der Waals surface area contributed by atoms with Crippen LogP contribution in [0.3, 0.4) is 0 Å². The first-order valence-electron chi connectivity index (χ1n) is 13.3. The van der Waals surface area contributed by atoms with Gasteiger partial charge in [0.25, 0.3) is 17.7 Å². The molecule has 1 atom stereocenters. The van der Waals surface area contributed by atoms with E-state index >= 15 is 0 Å². The minimum atomic E-state index is -0.216. The average Bonchev–Trinajstić information content (AvgIpc) is 3.40. The molecule has 1 saturated heterocycles. The third kappa shape index (κ3) is 4.70. The Kier molecular flexibility index (Phi) is 6.45. The lowest BCUT2D eigenvalue weighted by atomic mass is 9.98. The lowest BCUT2D eigenvalue weighted by Gasteiger charge is -2.26. The SMILES string of the molecule is Cc1ccc(-c2ccccc2C(=O)Nc2ccc(C(=O)N3C[C@@H]4CCCN4C(=O)c4ccccc43)cc2)cc1. The molecule has 1 N–H and O–H groups in total. The standard InChI is InChI=1S/C33H29N3O3/c1-22-12-14-23(15-13-22)27-8-2-3-9-28(27)31(37)34-25-18-16-24(17-19-25)32(38)36-21-26-7-6-20-35(26)33(39)29-10-4-5-11-30(29)36/h2-5,8-19,26H,6-7,20-21H2,1H3,(H,34,37)/t26-/m0/s1. The van der Waals surface area contributed by atoms with E-state index in [1.807, 2.05) is 78.6 Å². The summed E-state index contributed by atoms with van der Waals surface area (Å²) in [4.78, 5) is 43.7. The number of hydrogen-bond acceptors (Lipinski definition) is 3. The van der Waals surface area contributed by atoms with E-state index in [1.54, 1.807) is 35.2 Å². The number of rotatable bonds is 4. The second kappa shape index (κ2) is 10.2. The van der Waals surface area contributed by atoms with Crippen LogP contribution in [0.1, 0.15) is 49.5 Å². The molecule has 0 radical (unpaired) electrons. The second-order valence-electron chi connectivity index (χ2n) is 10.2. The molecular formula is C33H29N3O3. The van der Waals surface area contributed by atoms with Crippen LogP contribution in [0, 0.1) is 6.92 Å². The predicted octanol–water partition coefficient (Wildman–Crippen LogP) is 6.18. The van der Waals surface area contributed by atoms with Gasteiger partial charge in [-0.2, -0.15) is 0 Å². The third-order valence-electron chi connectivity index (χ3n) is 7.63. The number of nitrogens with zero attached hydrogens (tertiary/aromatic N) is 2. The first-order valence-corrected chi connectivity index (χ1v) is 13.3. The molecule has 6 nitrogen and oxygen atoms in total. The monoisotopic (exact) mass is 515 g/mol. The van der Waals surface area contributed by atoms with Gasteiger partial charge in [0.2, 0.25) is 0 Å². The zero-order chi connectivity index (χ0) is 26.9. The van der Waals surface area contributed by atoms with Crippen LogP contribution < -0.4 is 10.2 Å². The van der Waals surface area contributed by atoms with E-state index in [9.17, 15) is 14.4 Å². The van der Waals surface area contributed by atoms with Crippen molar-refractivity contribution in [2.75, 3.05) is 23.3 Å². The van der Waals surface area contributed by atoms with Crippen molar-refractivity contribution in [1.29, 1.82) is 0 Å². The van der Waals surface area contributed by atoms with Gasteiger partial charge in [-0.05, 0) is 73.4 Å². The zero-order valence-electron chi connectivity index (χ0n) is 21.8. The van der Waals surface area contributed by atoms with Crippen LogP contribution in [-0.4, -0.2) is 41.8 Å². The number of aryl methyl sites for hydroxylation is 1. The van der Waals surface area contributed by atoms with Crippen molar-refractivity contribution >= 4 is 29.1 Å². The Morgan fingerprint density at radius 3 is 2.28 bits per heavy atom. The van der Waals surface area contributed by atoms with Crippen LogP contribution in [-0.2, 0) is 0 Å². The quantitative estimate of drug-likeness (QED) is 0.353. The van der Waals surface area contributed by atoms with Crippen molar-refractivity contribution in [2.45, 2.75) is 25.8 Å². The first kappa shape index (κ1) is 24.6. The molecule has 2 aliphatic heterocycles. The van der Waals surface area contributed by atoms with Gasteiger partial charge in [0.15, 0.2) is 0 Å². The molecule has 4 aromatic carbocycles. The highest BCUT2D eigenvalue weighted by molar-refractivity contribution is 6.12. The Labute approximate surface area is 227 Å². The molecule has 0 spiro atoms. The van der Waals surface area contributed by atoms with E-state index in [0.29, 0.717) is 34.6 Å². The van der Waals surface area contributed by atoms with Crippen LogP contribution in [0.4, 0.5) is 11.4 Å². The second-order valence-corrected chi connectivity index (χ2v) is 10.2. The lowest BCUT2D eigenvalue weighted by molar-refractivity contribution is 0.0744. The first-order chi connectivity index (χ1) is 19.0. The molecule has 0 bridgehead atoms. The summed E-state index contributed by atoms with van der Waals surface area (Å²) in [6.07, 6.45) is 1.83. The molecule has 0 aliphatic carbocycles. The van der Waals surface area contributed by atoms with E-state index in [-0.39, 0.29) is 23.8 Å². The van der Waals surface area contributed by atoms with Crippen molar-refractivity contribution in [3.63, 3.8) is 0 Å². The summed E-state index contributed by atoms with van der Waals surface area (Å²) in [7, 11) is 0. The summed E-state index contributed by atoms with van der Waals surface area (Å²) in [6.45, 7) is 3.22. The molecule has 2 aliphatic rings. The van der Waals surface area contributed by atoms with Crippen LogP contribution in [0.2, 0.25) is 0 Å². The van der Waals surface area contributed by atoms with Gasteiger partial charge in [0, 0.05) is 29.9 Å². The number of nitrogens with one attached hydrogen (secondary N) is 1. The molecule has 0 aromatic heterocycles. The Hall–Kier alpha value is -4.71. The van der Waals surface area contributed by atoms with Crippen molar-refractivity contribution < 1.29 is 14.4 Å². The van der Waals surface area contributed by atoms with Crippen molar-refractivity contribution in [3.05, 3.63) is 119 Å². The molecule has 39 heavy (non-hydrogen) atoms. The van der Waals surface area contributed by atoms with Crippen molar-refractivity contribution in [1.82, 2.24) is 4.90 Å². The van der Waals surface area contributed by atoms with Crippen LogP contribution in [0.25, 0.3) is 11.1 Å². The average molecular weight is 516 g/mol. The third-order valence-corrected chi connectivity index (χ3v) is 7.63. The molecule has 3 amide bonds. The molecule has 0 unspecified atom stereocenters. The van der Waals surface area contributed by atoms with Gasteiger partial charge in [-0.25, -0.2) is 0 Å². The van der Waals surface area contributed by atoms with E-state index in [2.05, 4.69) is 5.32 Å². The van der Waals surface area contributed by atoms with E-state index in [4.69, 9.17) is 0 Å². The van der Waals surface area contributed by atoms with Gasteiger partial charge in [-0.3, -0.25) is 14.4 Å². The van der Waals surface area contributed by atoms with Gasteiger partial charge in [-0.1, -0.05) is 60.2 Å². The number of benzene rings is 4. The largest absolute Gasteiger partial charge is 0.334 e. The summed E-state index contributed by atoms with van der Waals surface area (Å²) in [5, 5.41) is 2.97. The summed E-state index contributed by atoms with van der Waals surface area (Å²) in [5.74, 6) is -0.384. The Bertz CT molecular complexity index is 1560. The number of amides is 3. The highest BCUT2D eigenvalue weighted by Crippen LogP contribution is 2.33. The Balaban J connectivity index is 1.23. The van der Waals surface area contributed by atoms with Gasteiger partial charge in [0.05, 0.1) is 17.3 Å². The van der Waals surface area contributed by atoms with Crippen molar-refractivity contribution in [2.24, 2.45) is 0 Å². The normalized spacial score (nSPS) is 16.3. The topological polar surface area (TPSA) is 69.7 Å². The Morgan fingerprint density at radius 1 is 0.821 bits per heavy atom. The van der Waals surface area contributed by atoms with E-state index in [1.165, 1.54) is 0 Å². The fourth-order valence-corrected chi connectivity index (χ4v) is 5.56. The maximum absolute atomic E-state index is 13.7. The highest BCUT2D eigenvalue weighted by atomic mass is 16.2. The van der Waals surface area contributed by atoms with E-state index in [0.717, 1.165) is 36.1 Å². The molecule has 194 valence electrons. The summed E-state index contributed by atoms with van der Waals surface area (Å²) >= 11 is 0. The molecule has 4 aromatic rings. The molecule has 2 heterocycles. The zero-order valence-corrected chi connectivity index (χ0v) is 21.8. The predicted molar refractivity (Wildman–Crippen MR) is 153 cm³/mol. The summed E-state index contributed by atoms with van der Waals surface area (Å²) < 4.78 is 0. The fourth-order valence-electron chi connectivity index (χ4n) is 5.56. The lowest BCUT2D eigenvalue weighted by Crippen LogP contribution is -2.42. The van der Waals surface area contributed by atoms with Crippen LogP contribution >= 0.6 is 0 Å². The smallest absolute Gasteiger partial charge is 0.258 e. The summed E-state index contributed by atoms with van der Waals surface area (Å²) in [5.41, 5.74) is 5.88. The Morgan fingerprint density at radius 2 is 1.51 bits per heavy atom. The molecule has 6 heteroatoms. The van der Waals surface area contributed by atoms with Crippen LogP contribution in [0.5, 0.6) is 0 Å². The minimum Gasteiger partial charge on any atom is -0.334 e. The molecule has 6 rings (SSSR count). The molecular weight excluding hydrogens is 486 g/mol. The number of carbonyl (C=O) groups excluding carboxylic acids is 3. The maximum atomic E-state index is 13.7. The number of carbonyl (C=O) groups is 3. The number of para-hydroxylation sites is 1. The number of hydrogen-bond donors (Lipinski definition) is 1. The highest BCUT2D eigenvalue weighted by Gasteiger charge is 2.38. The maximum Gasteiger partial charge on any atom is 0.258 e. The van der Waals surface area contributed by atoms with Crippen molar-refractivity contribution in [3.8, 4) is 11.1 Å². The molecule has 1 fully saturated rings. The van der Waals surface area contributed by atoms with Crippen LogP contribution in [0.15, 0.2) is 97.1 Å². The van der Waals surface area contributed by atoms with Gasteiger partial charge >= 0.3 is 0 Å². The number of anilines is 2. The van der Waals surface area contributed by atoms with Gasteiger partial charge < -0.3 is 15.1 Å². The summed E-state index contributed by atoms with van der Waals surface area (Å²) in [6, 6.07) is 29.9. The van der Waals surface area contributed by atoms with Gasteiger partial charge in [0.1, 0.15) is 0 Å². The van der Waals surface area contributed by atoms with E-state index < -0.39 is 0 Å². The van der Waals surface area contributed by atoms with Gasteiger partial charge in [-0.15, -0.1) is 0 Å². The minimum absolute atomic E-state index is 0.00706. The fraction of sp³-hybridized carbons (Fsp3) is 0.182. The molecule has 0 saturated carbocycles. The number of fused-ring (bicyclic) bond motifs is 2.